The van der Waals surface area contributed by atoms with Crippen LogP contribution in [0.25, 0.3) is 11.0 Å². The maximum Gasteiger partial charge on any atom is 0.208 e. The van der Waals surface area contributed by atoms with Gasteiger partial charge in [-0.1, -0.05) is 11.2 Å². The lowest BCUT2D eigenvalue weighted by molar-refractivity contribution is 0.187. The van der Waals surface area contributed by atoms with E-state index in [1.165, 1.54) is 0 Å². The molecule has 90 valence electrons. The molecule has 1 aromatic carbocycles. The predicted molar refractivity (Wildman–Crippen MR) is 65.1 cm³/mol. The van der Waals surface area contributed by atoms with Crippen LogP contribution < -0.4 is 10.1 Å². The van der Waals surface area contributed by atoms with Crippen LogP contribution in [-0.4, -0.2) is 24.4 Å². The van der Waals surface area contributed by atoms with Crippen LogP contribution in [0.4, 0.5) is 0 Å². The van der Waals surface area contributed by atoms with Gasteiger partial charge in [-0.15, -0.1) is 0 Å². The molecule has 4 heteroatoms. The van der Waals surface area contributed by atoms with Crippen molar-refractivity contribution in [1.29, 1.82) is 0 Å². The van der Waals surface area contributed by atoms with Gasteiger partial charge >= 0.3 is 0 Å². The first-order valence-electron chi connectivity index (χ1n) is 6.14. The van der Waals surface area contributed by atoms with Crippen LogP contribution in [0.5, 0.6) is 5.75 Å². The number of nitrogens with one attached hydrogen (secondary N) is 1. The lowest BCUT2D eigenvalue weighted by Gasteiger charge is -2.16. The van der Waals surface area contributed by atoms with Crippen LogP contribution in [0.1, 0.15) is 19.3 Å². The molecule has 3 rings (SSSR count). The highest BCUT2D eigenvalue weighted by Gasteiger charge is 2.15. The van der Waals surface area contributed by atoms with E-state index in [4.69, 9.17) is 9.26 Å². The summed E-state index contributed by atoms with van der Waals surface area (Å²) < 4.78 is 11.3. The van der Waals surface area contributed by atoms with Crippen molar-refractivity contribution in [2.75, 3.05) is 13.1 Å². The Morgan fingerprint density at radius 1 is 1.29 bits per heavy atom. The maximum absolute atomic E-state index is 6.03. The quantitative estimate of drug-likeness (QED) is 0.863. The molecule has 0 saturated carbocycles. The summed E-state index contributed by atoms with van der Waals surface area (Å²) in [6.07, 6.45) is 5.30. The minimum Gasteiger partial charge on any atom is -0.486 e. The van der Waals surface area contributed by atoms with Crippen molar-refractivity contribution in [3.05, 3.63) is 24.4 Å². The van der Waals surface area contributed by atoms with Gasteiger partial charge in [0, 0.05) is 5.39 Å². The van der Waals surface area contributed by atoms with Crippen LogP contribution in [0.15, 0.2) is 28.9 Å². The molecule has 1 saturated heterocycles. The van der Waals surface area contributed by atoms with Gasteiger partial charge in [-0.05, 0) is 44.5 Å². The van der Waals surface area contributed by atoms with E-state index in [0.29, 0.717) is 0 Å². The summed E-state index contributed by atoms with van der Waals surface area (Å²) in [5.41, 5.74) is 0.754. The highest BCUT2D eigenvalue weighted by Crippen LogP contribution is 2.27. The largest absolute Gasteiger partial charge is 0.486 e. The van der Waals surface area contributed by atoms with Crippen molar-refractivity contribution in [3.63, 3.8) is 0 Å². The van der Waals surface area contributed by atoms with Gasteiger partial charge in [-0.3, -0.25) is 0 Å². The second-order valence-corrected chi connectivity index (χ2v) is 4.42. The Bertz CT molecular complexity index is 487. The van der Waals surface area contributed by atoms with E-state index >= 15 is 0 Å². The zero-order chi connectivity index (χ0) is 11.5. The molecule has 1 atom stereocenters. The summed E-state index contributed by atoms with van der Waals surface area (Å²) in [6.45, 7) is 2.11. The van der Waals surface area contributed by atoms with Gasteiger partial charge in [0.25, 0.3) is 0 Å². The first-order valence-corrected chi connectivity index (χ1v) is 6.14. The molecular weight excluding hydrogens is 216 g/mol. The van der Waals surface area contributed by atoms with Crippen molar-refractivity contribution >= 4 is 11.0 Å². The smallest absolute Gasteiger partial charge is 0.208 e. The monoisotopic (exact) mass is 232 g/mol. The second-order valence-electron chi connectivity index (χ2n) is 4.42. The number of ether oxygens (including phenoxy) is 1. The summed E-state index contributed by atoms with van der Waals surface area (Å²) in [7, 11) is 0. The molecule has 1 unspecified atom stereocenters. The van der Waals surface area contributed by atoms with Gasteiger partial charge in [0.1, 0.15) is 6.10 Å². The van der Waals surface area contributed by atoms with E-state index in [9.17, 15) is 0 Å². The topological polar surface area (TPSA) is 47.3 Å². The Kier molecular flexibility index (Phi) is 2.96. The Hall–Kier alpha value is -1.55. The number of para-hydroxylation sites is 1. The average Bonchev–Trinajstić information content (AvgIpc) is 2.69. The van der Waals surface area contributed by atoms with E-state index in [1.54, 1.807) is 6.20 Å². The third-order valence-electron chi connectivity index (χ3n) is 3.16. The number of nitrogens with zero attached hydrogens (tertiary/aromatic N) is 1. The molecule has 0 aliphatic carbocycles. The third-order valence-corrected chi connectivity index (χ3v) is 3.16. The summed E-state index contributed by atoms with van der Waals surface area (Å²) in [4.78, 5) is 0. The fourth-order valence-electron chi connectivity index (χ4n) is 2.25. The molecule has 1 N–H and O–H groups in total. The van der Waals surface area contributed by atoms with Crippen LogP contribution in [-0.2, 0) is 0 Å². The lowest BCUT2D eigenvalue weighted by Crippen LogP contribution is -2.19. The number of fused-ring (bicyclic) bond motifs is 1. The third kappa shape index (κ3) is 2.26. The van der Waals surface area contributed by atoms with Crippen LogP contribution >= 0.6 is 0 Å². The van der Waals surface area contributed by atoms with E-state index in [-0.39, 0.29) is 6.10 Å². The van der Waals surface area contributed by atoms with Crippen molar-refractivity contribution < 1.29 is 9.26 Å². The van der Waals surface area contributed by atoms with E-state index < -0.39 is 0 Å². The highest BCUT2D eigenvalue weighted by atomic mass is 16.5. The van der Waals surface area contributed by atoms with Crippen molar-refractivity contribution in [2.24, 2.45) is 0 Å². The first-order chi connectivity index (χ1) is 8.43. The zero-order valence-corrected chi connectivity index (χ0v) is 9.69. The SMILES string of the molecule is c1cc(OC2CCCNCC2)c2oncc2c1. The van der Waals surface area contributed by atoms with Crippen LogP contribution in [0, 0.1) is 0 Å². The normalized spacial score (nSPS) is 21.3. The van der Waals surface area contributed by atoms with Gasteiger partial charge < -0.3 is 14.6 Å². The van der Waals surface area contributed by atoms with Gasteiger partial charge in [0.15, 0.2) is 5.75 Å². The molecule has 1 aliphatic rings. The minimum absolute atomic E-state index is 0.278. The molecule has 0 bridgehead atoms. The Morgan fingerprint density at radius 2 is 2.29 bits per heavy atom. The van der Waals surface area contributed by atoms with Crippen LogP contribution in [0.2, 0.25) is 0 Å². The molecule has 0 spiro atoms. The van der Waals surface area contributed by atoms with Gasteiger partial charge in [-0.2, -0.15) is 0 Å². The molecular formula is C13H16N2O2. The fourth-order valence-corrected chi connectivity index (χ4v) is 2.25. The van der Waals surface area contributed by atoms with Crippen LogP contribution in [0.3, 0.4) is 0 Å². The molecule has 1 aromatic heterocycles. The molecule has 0 amide bonds. The van der Waals surface area contributed by atoms with E-state index in [1.807, 2.05) is 18.2 Å². The standard InChI is InChI=1S/C13H16N2O2/c1-3-10-9-15-17-13(10)12(5-1)16-11-4-2-7-14-8-6-11/h1,3,5,9,11,14H,2,4,6-8H2. The molecule has 2 heterocycles. The molecule has 4 nitrogen and oxygen atoms in total. The summed E-state index contributed by atoms with van der Waals surface area (Å²) in [6, 6.07) is 5.91. The average molecular weight is 232 g/mol. The molecule has 2 aromatic rings. The zero-order valence-electron chi connectivity index (χ0n) is 9.69. The Balaban J connectivity index is 1.81. The Morgan fingerprint density at radius 3 is 3.29 bits per heavy atom. The number of hydrogen-bond donors (Lipinski definition) is 1. The second kappa shape index (κ2) is 4.75. The summed E-state index contributed by atoms with van der Waals surface area (Å²) in [5, 5.41) is 8.18. The number of aromatic nitrogens is 1. The lowest BCUT2D eigenvalue weighted by atomic mass is 10.1. The van der Waals surface area contributed by atoms with Gasteiger partial charge in [-0.25, -0.2) is 0 Å². The molecule has 0 radical (unpaired) electrons. The summed E-state index contributed by atoms with van der Waals surface area (Å²) in [5.74, 6) is 0.812. The summed E-state index contributed by atoms with van der Waals surface area (Å²) >= 11 is 0. The Labute approximate surface area is 99.9 Å². The first kappa shape index (κ1) is 10.6. The highest BCUT2D eigenvalue weighted by molar-refractivity contribution is 5.81. The number of rotatable bonds is 2. The minimum atomic E-state index is 0.278. The number of benzene rings is 1. The van der Waals surface area contributed by atoms with Gasteiger partial charge in [0.05, 0.1) is 6.20 Å². The van der Waals surface area contributed by atoms with E-state index in [0.717, 1.165) is 49.1 Å². The molecule has 1 aliphatic heterocycles. The molecule has 17 heavy (non-hydrogen) atoms. The van der Waals surface area contributed by atoms with Gasteiger partial charge in [0.2, 0.25) is 5.58 Å². The number of hydrogen-bond acceptors (Lipinski definition) is 4. The van der Waals surface area contributed by atoms with Crippen molar-refractivity contribution in [2.45, 2.75) is 25.4 Å². The molecule has 1 fully saturated rings. The fraction of sp³-hybridized carbons (Fsp3) is 0.462. The van der Waals surface area contributed by atoms with Crippen molar-refractivity contribution in [1.82, 2.24) is 10.5 Å². The van der Waals surface area contributed by atoms with E-state index in [2.05, 4.69) is 10.5 Å². The maximum atomic E-state index is 6.03. The van der Waals surface area contributed by atoms with Crippen molar-refractivity contribution in [3.8, 4) is 5.75 Å². The predicted octanol–water partition coefficient (Wildman–Crippen LogP) is 2.35.